The zero-order valence-electron chi connectivity index (χ0n) is 7.71. The number of rotatable bonds is 2. The average Bonchev–Trinajstić information content (AvgIpc) is 2.61. The van der Waals surface area contributed by atoms with Crippen LogP contribution in [0.5, 0.6) is 0 Å². The molecule has 0 amide bonds. The van der Waals surface area contributed by atoms with Gasteiger partial charge in [0.25, 0.3) is 0 Å². The van der Waals surface area contributed by atoms with Crippen molar-refractivity contribution in [2.45, 2.75) is 0 Å². The molecule has 4 heteroatoms. The minimum Gasteiger partial charge on any atom is -0.331 e. The molecular weight excluding hydrogens is 178 g/mol. The number of hydrogen-bond donors (Lipinski definition) is 0. The van der Waals surface area contributed by atoms with Crippen molar-refractivity contribution < 1.29 is 4.79 Å². The molecule has 0 atom stereocenters. The van der Waals surface area contributed by atoms with Crippen LogP contribution in [-0.4, -0.2) is 20.8 Å². The van der Waals surface area contributed by atoms with Crippen molar-refractivity contribution in [2.24, 2.45) is 7.05 Å². The van der Waals surface area contributed by atoms with Crippen LogP contribution < -0.4 is 0 Å². The molecule has 0 aromatic carbocycles. The van der Waals surface area contributed by atoms with Crippen LogP contribution in [-0.2, 0) is 7.05 Å². The van der Waals surface area contributed by atoms with E-state index in [9.17, 15) is 4.79 Å². The molecule has 0 bridgehead atoms. The lowest BCUT2D eigenvalue weighted by molar-refractivity contribution is 0.111. The van der Waals surface area contributed by atoms with Crippen LogP contribution >= 0.6 is 0 Å². The second kappa shape index (κ2) is 3.41. The number of pyridine rings is 1. The smallest absolute Gasteiger partial charge is 0.168 e. The van der Waals surface area contributed by atoms with Gasteiger partial charge in [0, 0.05) is 25.0 Å². The number of nitrogens with zero attached hydrogens (tertiary/aromatic N) is 3. The summed E-state index contributed by atoms with van der Waals surface area (Å²) >= 11 is 0. The maximum Gasteiger partial charge on any atom is 0.168 e. The van der Waals surface area contributed by atoms with Gasteiger partial charge in [-0.25, -0.2) is 4.98 Å². The van der Waals surface area contributed by atoms with Crippen LogP contribution in [0.25, 0.3) is 11.3 Å². The molecular formula is C10H9N3O. The first kappa shape index (κ1) is 8.62. The Morgan fingerprint density at radius 3 is 2.71 bits per heavy atom. The summed E-state index contributed by atoms with van der Waals surface area (Å²) in [6, 6.07) is 3.66. The Bertz CT molecular complexity index is 448. The van der Waals surface area contributed by atoms with Crippen LogP contribution in [0, 0.1) is 0 Å². The van der Waals surface area contributed by atoms with Gasteiger partial charge >= 0.3 is 0 Å². The second-order valence-corrected chi connectivity index (χ2v) is 2.94. The molecule has 2 rings (SSSR count). The number of imidazole rings is 1. The minimum absolute atomic E-state index is 0.580. The molecule has 2 aromatic rings. The van der Waals surface area contributed by atoms with E-state index >= 15 is 0 Å². The fraction of sp³-hybridized carbons (Fsp3) is 0.100. The Morgan fingerprint density at radius 2 is 2.07 bits per heavy atom. The highest BCUT2D eigenvalue weighted by Gasteiger charge is 2.08. The number of hydrogen-bond acceptors (Lipinski definition) is 3. The van der Waals surface area contributed by atoms with Crippen molar-refractivity contribution in [3.8, 4) is 11.3 Å². The zero-order valence-corrected chi connectivity index (χ0v) is 7.71. The number of aromatic nitrogens is 3. The molecule has 70 valence electrons. The van der Waals surface area contributed by atoms with E-state index in [1.165, 1.54) is 0 Å². The molecule has 0 N–H and O–H groups in total. The van der Waals surface area contributed by atoms with Gasteiger partial charge in [0.1, 0.15) is 5.69 Å². The van der Waals surface area contributed by atoms with Gasteiger partial charge < -0.3 is 4.57 Å². The van der Waals surface area contributed by atoms with Crippen molar-refractivity contribution in [2.75, 3.05) is 0 Å². The molecule has 2 heterocycles. The molecule has 4 nitrogen and oxygen atoms in total. The average molecular weight is 187 g/mol. The molecule has 0 aliphatic heterocycles. The summed E-state index contributed by atoms with van der Waals surface area (Å²) in [7, 11) is 1.79. The monoisotopic (exact) mass is 187 g/mol. The Hall–Kier alpha value is -1.97. The number of aryl methyl sites for hydroxylation is 1. The standard InChI is InChI=1S/C10H9N3O/c1-13-7-12-10(9(13)6-14)8-2-4-11-5-3-8/h2-7H,1H3. The van der Waals surface area contributed by atoms with Crippen molar-refractivity contribution in [1.29, 1.82) is 0 Å². The van der Waals surface area contributed by atoms with Gasteiger partial charge in [0.05, 0.1) is 12.0 Å². The molecule has 0 saturated heterocycles. The lowest BCUT2D eigenvalue weighted by Gasteiger charge is -1.97. The highest BCUT2D eigenvalue weighted by Crippen LogP contribution is 2.18. The van der Waals surface area contributed by atoms with E-state index < -0.39 is 0 Å². The number of carbonyl (C=O) groups excluding carboxylic acids is 1. The fourth-order valence-corrected chi connectivity index (χ4v) is 1.31. The highest BCUT2D eigenvalue weighted by atomic mass is 16.1. The third kappa shape index (κ3) is 1.31. The predicted molar refractivity (Wildman–Crippen MR) is 51.8 cm³/mol. The van der Waals surface area contributed by atoms with E-state index in [2.05, 4.69) is 9.97 Å². The third-order valence-corrected chi connectivity index (χ3v) is 2.05. The van der Waals surface area contributed by atoms with E-state index in [0.717, 1.165) is 11.8 Å². The lowest BCUT2D eigenvalue weighted by Crippen LogP contribution is -1.94. The fourth-order valence-electron chi connectivity index (χ4n) is 1.31. The van der Waals surface area contributed by atoms with Gasteiger partial charge in [-0.1, -0.05) is 0 Å². The topological polar surface area (TPSA) is 47.8 Å². The third-order valence-electron chi connectivity index (χ3n) is 2.05. The van der Waals surface area contributed by atoms with Crippen molar-refractivity contribution in [3.63, 3.8) is 0 Å². The zero-order chi connectivity index (χ0) is 9.97. The van der Waals surface area contributed by atoms with Gasteiger partial charge in [-0.2, -0.15) is 0 Å². The summed E-state index contributed by atoms with van der Waals surface area (Å²) in [6.45, 7) is 0. The Kier molecular flexibility index (Phi) is 2.10. The van der Waals surface area contributed by atoms with Gasteiger partial charge in [0.15, 0.2) is 6.29 Å². The summed E-state index contributed by atoms with van der Waals surface area (Å²) in [5.74, 6) is 0. The van der Waals surface area contributed by atoms with Crippen LogP contribution in [0.4, 0.5) is 0 Å². The molecule has 0 aliphatic carbocycles. The van der Waals surface area contributed by atoms with Gasteiger partial charge in [-0.15, -0.1) is 0 Å². The Morgan fingerprint density at radius 1 is 1.36 bits per heavy atom. The van der Waals surface area contributed by atoms with Gasteiger partial charge in [0.2, 0.25) is 0 Å². The summed E-state index contributed by atoms with van der Waals surface area (Å²) in [4.78, 5) is 18.9. The minimum atomic E-state index is 0.580. The first-order chi connectivity index (χ1) is 6.83. The first-order valence-electron chi connectivity index (χ1n) is 4.20. The molecule has 14 heavy (non-hydrogen) atoms. The van der Waals surface area contributed by atoms with Crippen LogP contribution in [0.3, 0.4) is 0 Å². The molecule has 0 fully saturated rings. The van der Waals surface area contributed by atoms with Gasteiger partial charge in [-0.05, 0) is 12.1 Å². The predicted octanol–water partition coefficient (Wildman–Crippen LogP) is 1.29. The normalized spacial score (nSPS) is 10.1. The summed E-state index contributed by atoms with van der Waals surface area (Å²) in [5, 5.41) is 0. The van der Waals surface area contributed by atoms with Gasteiger partial charge in [-0.3, -0.25) is 9.78 Å². The van der Waals surface area contributed by atoms with E-state index in [1.807, 2.05) is 12.1 Å². The van der Waals surface area contributed by atoms with Crippen molar-refractivity contribution in [1.82, 2.24) is 14.5 Å². The van der Waals surface area contributed by atoms with Crippen LogP contribution in [0.1, 0.15) is 10.5 Å². The summed E-state index contributed by atoms with van der Waals surface area (Å²) in [6.07, 6.45) is 5.79. The number of carbonyl (C=O) groups is 1. The number of aldehydes is 1. The van der Waals surface area contributed by atoms with E-state index in [1.54, 1.807) is 30.3 Å². The maximum absolute atomic E-state index is 10.8. The molecule has 2 aromatic heterocycles. The van der Waals surface area contributed by atoms with E-state index in [4.69, 9.17) is 0 Å². The highest BCUT2D eigenvalue weighted by molar-refractivity contribution is 5.83. The largest absolute Gasteiger partial charge is 0.331 e. The molecule has 0 aliphatic rings. The molecule has 0 radical (unpaired) electrons. The molecule has 0 unspecified atom stereocenters. The maximum atomic E-state index is 10.8. The Balaban J connectivity index is 2.57. The SMILES string of the molecule is Cn1cnc(-c2ccncc2)c1C=O. The van der Waals surface area contributed by atoms with E-state index in [0.29, 0.717) is 11.4 Å². The van der Waals surface area contributed by atoms with Crippen LogP contribution in [0.2, 0.25) is 0 Å². The molecule has 0 saturated carbocycles. The summed E-state index contributed by atoms with van der Waals surface area (Å²) in [5.41, 5.74) is 2.18. The summed E-state index contributed by atoms with van der Waals surface area (Å²) < 4.78 is 1.70. The first-order valence-corrected chi connectivity index (χ1v) is 4.20. The quantitative estimate of drug-likeness (QED) is 0.665. The second-order valence-electron chi connectivity index (χ2n) is 2.94. The Labute approximate surface area is 81.2 Å². The van der Waals surface area contributed by atoms with Crippen molar-refractivity contribution >= 4 is 6.29 Å². The van der Waals surface area contributed by atoms with E-state index in [-0.39, 0.29) is 0 Å². The van der Waals surface area contributed by atoms with Crippen LogP contribution in [0.15, 0.2) is 30.9 Å². The molecule has 0 spiro atoms. The van der Waals surface area contributed by atoms with Crippen molar-refractivity contribution in [3.05, 3.63) is 36.5 Å². The lowest BCUT2D eigenvalue weighted by atomic mass is 10.2.